The summed E-state index contributed by atoms with van der Waals surface area (Å²) in [5, 5.41) is 23.1. The van der Waals surface area contributed by atoms with Crippen LogP contribution in [-0.4, -0.2) is 34.9 Å². The van der Waals surface area contributed by atoms with Crippen LogP contribution in [0.1, 0.15) is 284 Å². The summed E-state index contributed by atoms with van der Waals surface area (Å²) in [6.45, 7) is 4.33. The Kier molecular flexibility index (Phi) is 47.3. The van der Waals surface area contributed by atoms with E-state index in [1.807, 2.05) is 6.08 Å². The number of carbonyl (C=O) groups is 1. The van der Waals surface area contributed by atoms with Gasteiger partial charge in [-0.25, -0.2) is 0 Å². The van der Waals surface area contributed by atoms with Crippen LogP contribution in [-0.2, 0) is 4.79 Å². The van der Waals surface area contributed by atoms with Crippen molar-refractivity contribution in [1.29, 1.82) is 0 Å². The van der Waals surface area contributed by atoms with Crippen molar-refractivity contribution in [2.75, 3.05) is 6.61 Å². The van der Waals surface area contributed by atoms with Crippen molar-refractivity contribution in [3.05, 3.63) is 24.3 Å². The molecule has 0 spiro atoms. The molecule has 0 saturated heterocycles. The van der Waals surface area contributed by atoms with E-state index in [0.29, 0.717) is 6.42 Å². The largest absolute Gasteiger partial charge is 0.394 e. The Morgan fingerprint density at radius 2 is 0.696 bits per heavy atom. The van der Waals surface area contributed by atoms with Crippen LogP contribution in [0.5, 0.6) is 0 Å². The quantitative estimate of drug-likeness (QED) is 0.0425. The van der Waals surface area contributed by atoms with Gasteiger partial charge in [-0.1, -0.05) is 269 Å². The van der Waals surface area contributed by atoms with E-state index in [1.165, 1.54) is 231 Å². The zero-order valence-electron chi connectivity index (χ0n) is 38.2. The minimum Gasteiger partial charge on any atom is -0.394 e. The van der Waals surface area contributed by atoms with E-state index in [1.54, 1.807) is 6.08 Å². The lowest BCUT2D eigenvalue weighted by atomic mass is 10.0. The van der Waals surface area contributed by atoms with Gasteiger partial charge < -0.3 is 15.5 Å². The van der Waals surface area contributed by atoms with Crippen molar-refractivity contribution in [2.45, 2.75) is 296 Å². The number of hydrogen-bond acceptors (Lipinski definition) is 3. The zero-order chi connectivity index (χ0) is 40.7. The van der Waals surface area contributed by atoms with Gasteiger partial charge >= 0.3 is 0 Å². The second kappa shape index (κ2) is 48.2. The average molecular weight is 788 g/mol. The Morgan fingerprint density at radius 3 is 1.04 bits per heavy atom. The van der Waals surface area contributed by atoms with Gasteiger partial charge in [0.1, 0.15) is 0 Å². The number of carbonyl (C=O) groups excluding carboxylic acids is 1. The van der Waals surface area contributed by atoms with Crippen molar-refractivity contribution in [2.24, 2.45) is 0 Å². The molecule has 0 aliphatic carbocycles. The van der Waals surface area contributed by atoms with Crippen LogP contribution in [0.3, 0.4) is 0 Å². The van der Waals surface area contributed by atoms with Crippen LogP contribution in [0.4, 0.5) is 0 Å². The van der Waals surface area contributed by atoms with Crippen molar-refractivity contribution in [3.63, 3.8) is 0 Å². The predicted molar refractivity (Wildman–Crippen MR) is 249 cm³/mol. The first-order valence-corrected chi connectivity index (χ1v) is 25.6. The van der Waals surface area contributed by atoms with Gasteiger partial charge in [-0.15, -0.1) is 0 Å². The molecule has 4 nitrogen and oxygen atoms in total. The third-order valence-electron chi connectivity index (χ3n) is 11.9. The highest BCUT2D eigenvalue weighted by Crippen LogP contribution is 2.17. The molecule has 3 N–H and O–H groups in total. The van der Waals surface area contributed by atoms with Crippen molar-refractivity contribution in [3.8, 4) is 0 Å². The van der Waals surface area contributed by atoms with Gasteiger partial charge in [-0.3, -0.25) is 4.79 Å². The predicted octanol–water partition coefficient (Wildman–Crippen LogP) is 16.4. The summed E-state index contributed by atoms with van der Waals surface area (Å²) in [7, 11) is 0. The van der Waals surface area contributed by atoms with Gasteiger partial charge in [0, 0.05) is 6.42 Å². The zero-order valence-corrected chi connectivity index (χ0v) is 38.2. The number of aliphatic hydroxyl groups excluding tert-OH is 2. The lowest BCUT2D eigenvalue weighted by molar-refractivity contribution is -0.123. The van der Waals surface area contributed by atoms with E-state index in [4.69, 9.17) is 0 Å². The molecule has 56 heavy (non-hydrogen) atoms. The number of allylic oxidation sites excluding steroid dienone is 3. The first-order valence-electron chi connectivity index (χ1n) is 25.6. The molecule has 0 rings (SSSR count). The molecular formula is C52H101NO3. The van der Waals surface area contributed by atoms with E-state index in [0.717, 1.165) is 32.1 Å². The molecule has 0 bridgehead atoms. The Bertz CT molecular complexity index is 810. The molecule has 0 heterocycles. The standard InChI is InChI=1S/C52H101NO3/c1-3-5-7-9-11-13-15-17-19-21-23-24-25-26-27-28-30-32-34-36-38-40-42-44-46-48-52(56)53-50(49-54)51(55)47-45-43-41-39-37-35-33-31-29-22-20-18-16-14-12-10-8-6-4-2/h37,39,45,47,50-51,54-55H,3-36,38,40-44,46,48-49H2,1-2H3,(H,53,56)/b39-37+,47-45+. The molecule has 0 aliphatic heterocycles. The second-order valence-electron chi connectivity index (χ2n) is 17.6. The summed E-state index contributed by atoms with van der Waals surface area (Å²) in [6.07, 6.45) is 63.2. The van der Waals surface area contributed by atoms with Gasteiger partial charge in [0.15, 0.2) is 0 Å². The number of rotatable bonds is 47. The Labute approximate surface area is 351 Å². The van der Waals surface area contributed by atoms with Crippen molar-refractivity contribution >= 4 is 5.91 Å². The number of hydrogen-bond donors (Lipinski definition) is 3. The molecule has 0 radical (unpaired) electrons. The molecule has 0 aliphatic rings. The summed E-state index contributed by atoms with van der Waals surface area (Å²) in [5.41, 5.74) is 0. The highest BCUT2D eigenvalue weighted by atomic mass is 16.3. The smallest absolute Gasteiger partial charge is 0.220 e. The fraction of sp³-hybridized carbons (Fsp3) is 0.904. The van der Waals surface area contributed by atoms with Crippen LogP contribution < -0.4 is 5.32 Å². The Morgan fingerprint density at radius 1 is 0.411 bits per heavy atom. The number of aliphatic hydroxyl groups is 2. The highest BCUT2D eigenvalue weighted by molar-refractivity contribution is 5.76. The van der Waals surface area contributed by atoms with Gasteiger partial charge in [0.25, 0.3) is 0 Å². The summed E-state index contributed by atoms with van der Waals surface area (Å²) in [4.78, 5) is 12.4. The molecule has 332 valence electrons. The van der Waals surface area contributed by atoms with Gasteiger partial charge in [-0.05, 0) is 32.1 Å². The van der Waals surface area contributed by atoms with Crippen LogP contribution in [0, 0.1) is 0 Å². The Hall–Kier alpha value is -1.13. The van der Waals surface area contributed by atoms with Gasteiger partial charge in [-0.2, -0.15) is 0 Å². The SMILES string of the molecule is CCCCCCCCCCCCCCC/C=C/CC/C=C/C(O)C(CO)NC(=O)CCCCCCCCCCCCCCCCCCCCCCCCCCC. The van der Waals surface area contributed by atoms with E-state index in [2.05, 4.69) is 31.3 Å². The monoisotopic (exact) mass is 788 g/mol. The maximum atomic E-state index is 12.4. The van der Waals surface area contributed by atoms with Crippen LogP contribution in [0.15, 0.2) is 24.3 Å². The summed E-state index contributed by atoms with van der Waals surface area (Å²) in [6, 6.07) is -0.635. The normalized spacial score (nSPS) is 13.0. The van der Waals surface area contributed by atoms with E-state index in [-0.39, 0.29) is 12.5 Å². The summed E-state index contributed by atoms with van der Waals surface area (Å²) in [5.74, 6) is -0.0679. The molecular weight excluding hydrogens is 687 g/mol. The first kappa shape index (κ1) is 54.9. The minimum atomic E-state index is -0.859. The molecule has 0 aromatic carbocycles. The maximum absolute atomic E-state index is 12.4. The molecule has 0 aromatic rings. The lowest BCUT2D eigenvalue weighted by Gasteiger charge is -2.19. The second-order valence-corrected chi connectivity index (χ2v) is 17.6. The molecule has 0 aromatic heterocycles. The van der Waals surface area contributed by atoms with Gasteiger partial charge in [0.2, 0.25) is 5.91 Å². The molecule has 2 unspecified atom stereocenters. The fourth-order valence-corrected chi connectivity index (χ4v) is 8.02. The summed E-state index contributed by atoms with van der Waals surface area (Å²) < 4.78 is 0. The third-order valence-corrected chi connectivity index (χ3v) is 11.9. The molecule has 2 atom stereocenters. The first-order chi connectivity index (χ1) is 27.7. The number of unbranched alkanes of at least 4 members (excludes halogenated alkanes) is 38. The molecule has 4 heteroatoms. The van der Waals surface area contributed by atoms with E-state index >= 15 is 0 Å². The third kappa shape index (κ3) is 44.0. The maximum Gasteiger partial charge on any atom is 0.220 e. The van der Waals surface area contributed by atoms with Crippen molar-refractivity contribution in [1.82, 2.24) is 5.32 Å². The lowest BCUT2D eigenvalue weighted by Crippen LogP contribution is -2.45. The molecule has 1 amide bonds. The van der Waals surface area contributed by atoms with Gasteiger partial charge in [0.05, 0.1) is 18.8 Å². The fourth-order valence-electron chi connectivity index (χ4n) is 8.02. The average Bonchev–Trinajstić information content (AvgIpc) is 3.20. The topological polar surface area (TPSA) is 69.6 Å². The minimum absolute atomic E-state index is 0.0679. The van der Waals surface area contributed by atoms with E-state index in [9.17, 15) is 15.0 Å². The number of amides is 1. The molecule has 0 fully saturated rings. The molecule has 0 saturated carbocycles. The van der Waals surface area contributed by atoms with Crippen LogP contribution >= 0.6 is 0 Å². The number of nitrogens with one attached hydrogen (secondary N) is 1. The highest BCUT2D eigenvalue weighted by Gasteiger charge is 2.17. The van der Waals surface area contributed by atoms with Crippen molar-refractivity contribution < 1.29 is 15.0 Å². The van der Waals surface area contributed by atoms with Crippen LogP contribution in [0.2, 0.25) is 0 Å². The Balaban J connectivity index is 3.51. The van der Waals surface area contributed by atoms with Crippen LogP contribution in [0.25, 0.3) is 0 Å². The van der Waals surface area contributed by atoms with E-state index < -0.39 is 12.1 Å². The summed E-state index contributed by atoms with van der Waals surface area (Å²) >= 11 is 0.